The van der Waals surface area contributed by atoms with Crippen molar-refractivity contribution in [3.05, 3.63) is 76.0 Å². The van der Waals surface area contributed by atoms with Gasteiger partial charge in [-0.3, -0.25) is 4.79 Å². The number of nitrogens with one attached hydrogen (secondary N) is 1. The van der Waals surface area contributed by atoms with Crippen LogP contribution in [0.4, 0.5) is 5.69 Å². The first-order valence-electron chi connectivity index (χ1n) is 9.80. The quantitative estimate of drug-likeness (QED) is 0.329. The molecule has 0 aliphatic rings. The van der Waals surface area contributed by atoms with Crippen molar-refractivity contribution >= 4 is 57.3 Å². The van der Waals surface area contributed by atoms with Crippen molar-refractivity contribution in [1.82, 2.24) is 14.8 Å². The van der Waals surface area contributed by atoms with Gasteiger partial charge in [-0.2, -0.15) is 0 Å². The number of ether oxygens (including phenoxy) is 1. The zero-order chi connectivity index (χ0) is 22.7. The second-order valence-corrected chi connectivity index (χ2v) is 8.82. The Morgan fingerprint density at radius 1 is 1.09 bits per heavy atom. The van der Waals surface area contributed by atoms with Gasteiger partial charge in [0.2, 0.25) is 5.91 Å². The molecular formula is C23H20Cl2N4O2S. The number of aromatic nitrogens is 3. The molecule has 0 unspecified atom stereocenters. The lowest BCUT2D eigenvalue weighted by atomic mass is 10.0. The van der Waals surface area contributed by atoms with Crippen molar-refractivity contribution in [3.63, 3.8) is 0 Å². The number of anilines is 1. The van der Waals surface area contributed by atoms with Gasteiger partial charge >= 0.3 is 0 Å². The van der Waals surface area contributed by atoms with Crippen LogP contribution in [0.3, 0.4) is 0 Å². The topological polar surface area (TPSA) is 69.0 Å². The van der Waals surface area contributed by atoms with Crippen LogP contribution < -0.4 is 10.1 Å². The van der Waals surface area contributed by atoms with Crippen LogP contribution in [0.1, 0.15) is 11.4 Å². The normalized spacial score (nSPS) is 11.0. The summed E-state index contributed by atoms with van der Waals surface area (Å²) >= 11 is 13.4. The number of thioether (sulfide) groups is 1. The zero-order valence-electron chi connectivity index (χ0n) is 17.4. The predicted molar refractivity (Wildman–Crippen MR) is 130 cm³/mol. The summed E-state index contributed by atoms with van der Waals surface area (Å²) in [5.41, 5.74) is 1.55. The summed E-state index contributed by atoms with van der Waals surface area (Å²) in [6.07, 6.45) is 0. The molecule has 0 fully saturated rings. The Kier molecular flexibility index (Phi) is 6.89. The van der Waals surface area contributed by atoms with Gasteiger partial charge in [-0.05, 0) is 41.5 Å². The number of hydrogen-bond acceptors (Lipinski definition) is 5. The van der Waals surface area contributed by atoms with Gasteiger partial charge in [0, 0.05) is 7.05 Å². The first kappa shape index (κ1) is 22.5. The average molecular weight is 487 g/mol. The summed E-state index contributed by atoms with van der Waals surface area (Å²) in [5.74, 6) is 1.41. The summed E-state index contributed by atoms with van der Waals surface area (Å²) in [4.78, 5) is 12.3. The number of carbonyl (C=O) groups is 1. The second-order valence-electron chi connectivity index (χ2n) is 7.09. The van der Waals surface area contributed by atoms with E-state index < -0.39 is 0 Å². The molecule has 3 aromatic carbocycles. The molecule has 6 nitrogen and oxygen atoms in total. The molecule has 0 radical (unpaired) electrons. The standard InChI is InChI=1S/C23H20Cl2N4O2S/c1-14-16-7-4-3-6-15(16)10-11-19(14)31-12-20-27-28-23(29(20)2)32-13-21(30)26-18-9-5-8-17(24)22(18)25/h3-11H,12-13H2,1-2H3,(H,26,30). The fourth-order valence-electron chi connectivity index (χ4n) is 3.22. The second kappa shape index (κ2) is 9.81. The predicted octanol–water partition coefficient (Wildman–Crippen LogP) is 5.89. The van der Waals surface area contributed by atoms with Crippen molar-refractivity contribution in [2.24, 2.45) is 7.05 Å². The maximum atomic E-state index is 12.3. The molecule has 1 N–H and O–H groups in total. The van der Waals surface area contributed by atoms with Gasteiger partial charge in [-0.15, -0.1) is 10.2 Å². The summed E-state index contributed by atoms with van der Waals surface area (Å²) in [5, 5.41) is 14.8. The Bertz CT molecular complexity index is 1290. The highest BCUT2D eigenvalue weighted by Gasteiger charge is 2.14. The van der Waals surface area contributed by atoms with Crippen LogP contribution in [-0.4, -0.2) is 26.4 Å². The molecule has 4 aromatic rings. The molecule has 0 atom stereocenters. The van der Waals surface area contributed by atoms with Crippen molar-refractivity contribution in [3.8, 4) is 5.75 Å². The maximum Gasteiger partial charge on any atom is 0.234 e. The van der Waals surface area contributed by atoms with Crippen LogP contribution >= 0.6 is 35.0 Å². The van der Waals surface area contributed by atoms with E-state index in [1.807, 2.05) is 42.8 Å². The lowest BCUT2D eigenvalue weighted by Crippen LogP contribution is -2.15. The van der Waals surface area contributed by atoms with Crippen molar-refractivity contribution < 1.29 is 9.53 Å². The minimum absolute atomic E-state index is 0.152. The van der Waals surface area contributed by atoms with Crippen LogP contribution in [0.15, 0.2) is 59.8 Å². The van der Waals surface area contributed by atoms with E-state index >= 15 is 0 Å². The zero-order valence-corrected chi connectivity index (χ0v) is 19.8. The summed E-state index contributed by atoms with van der Waals surface area (Å²) in [6, 6.07) is 17.3. The van der Waals surface area contributed by atoms with Gasteiger partial charge in [-0.25, -0.2) is 0 Å². The third-order valence-corrected chi connectivity index (χ3v) is 6.83. The lowest BCUT2D eigenvalue weighted by molar-refractivity contribution is -0.113. The number of rotatable bonds is 7. The van der Waals surface area contributed by atoms with Crippen LogP contribution in [-0.2, 0) is 18.4 Å². The smallest absolute Gasteiger partial charge is 0.234 e. The molecular weight excluding hydrogens is 467 g/mol. The Hall–Kier alpha value is -2.74. The number of benzene rings is 3. The fraction of sp³-hybridized carbons (Fsp3) is 0.174. The molecule has 1 heterocycles. The summed E-state index contributed by atoms with van der Waals surface area (Å²) in [7, 11) is 1.85. The summed E-state index contributed by atoms with van der Waals surface area (Å²) in [6.45, 7) is 2.31. The third-order valence-electron chi connectivity index (χ3n) is 4.99. The Morgan fingerprint density at radius 3 is 2.75 bits per heavy atom. The maximum absolute atomic E-state index is 12.3. The van der Waals surface area contributed by atoms with Gasteiger partial charge in [0.25, 0.3) is 0 Å². The molecule has 9 heteroatoms. The van der Waals surface area contributed by atoms with Gasteiger partial charge < -0.3 is 14.6 Å². The first-order valence-corrected chi connectivity index (χ1v) is 11.5. The summed E-state index contributed by atoms with van der Waals surface area (Å²) < 4.78 is 7.84. The molecule has 0 aliphatic carbocycles. The number of nitrogens with zero attached hydrogens (tertiary/aromatic N) is 3. The molecule has 0 aliphatic heterocycles. The van der Waals surface area contributed by atoms with Crippen LogP contribution in [0, 0.1) is 6.92 Å². The number of amides is 1. The average Bonchev–Trinajstić information content (AvgIpc) is 3.14. The molecule has 0 saturated carbocycles. The number of fused-ring (bicyclic) bond motifs is 1. The highest BCUT2D eigenvalue weighted by molar-refractivity contribution is 7.99. The molecule has 4 rings (SSSR count). The monoisotopic (exact) mass is 486 g/mol. The van der Waals surface area contributed by atoms with Crippen molar-refractivity contribution in [2.45, 2.75) is 18.7 Å². The van der Waals surface area contributed by atoms with E-state index in [0.717, 1.165) is 16.7 Å². The van der Waals surface area contributed by atoms with E-state index in [-0.39, 0.29) is 18.3 Å². The van der Waals surface area contributed by atoms with Crippen LogP contribution in [0.2, 0.25) is 10.0 Å². The van der Waals surface area contributed by atoms with E-state index in [4.69, 9.17) is 27.9 Å². The lowest BCUT2D eigenvalue weighted by Gasteiger charge is -2.11. The Labute approximate surface area is 199 Å². The minimum Gasteiger partial charge on any atom is -0.485 e. The van der Waals surface area contributed by atoms with Crippen molar-refractivity contribution in [2.75, 3.05) is 11.1 Å². The third kappa shape index (κ3) is 4.85. The minimum atomic E-state index is -0.216. The molecule has 0 bridgehead atoms. The van der Waals surface area contributed by atoms with Crippen molar-refractivity contribution in [1.29, 1.82) is 0 Å². The van der Waals surface area contributed by atoms with E-state index in [9.17, 15) is 4.79 Å². The SMILES string of the molecule is Cc1c(OCc2nnc(SCC(=O)Nc3cccc(Cl)c3Cl)n2C)ccc2ccccc12. The van der Waals surface area contributed by atoms with E-state index in [1.165, 1.54) is 17.1 Å². The number of halogens is 2. The molecule has 32 heavy (non-hydrogen) atoms. The number of aryl methyl sites for hydroxylation is 1. The van der Waals surface area contributed by atoms with E-state index in [1.54, 1.807) is 18.2 Å². The van der Waals surface area contributed by atoms with Crippen LogP contribution in [0.25, 0.3) is 10.8 Å². The fourth-order valence-corrected chi connectivity index (χ4v) is 4.30. The molecule has 0 spiro atoms. The molecule has 0 saturated heterocycles. The van der Waals surface area contributed by atoms with Gasteiger partial charge in [-0.1, -0.05) is 71.4 Å². The van der Waals surface area contributed by atoms with E-state index in [0.29, 0.717) is 26.7 Å². The first-order chi connectivity index (χ1) is 15.4. The highest BCUT2D eigenvalue weighted by atomic mass is 35.5. The van der Waals surface area contributed by atoms with Gasteiger partial charge in [0.05, 0.1) is 21.5 Å². The number of carbonyl (C=O) groups excluding carboxylic acids is 1. The van der Waals surface area contributed by atoms with Crippen LogP contribution in [0.5, 0.6) is 5.75 Å². The molecule has 164 valence electrons. The molecule has 1 amide bonds. The molecule has 1 aromatic heterocycles. The van der Waals surface area contributed by atoms with Gasteiger partial charge in [0.15, 0.2) is 11.0 Å². The van der Waals surface area contributed by atoms with Gasteiger partial charge in [0.1, 0.15) is 12.4 Å². The Morgan fingerprint density at radius 2 is 1.91 bits per heavy atom. The van der Waals surface area contributed by atoms with E-state index in [2.05, 4.69) is 27.6 Å². The number of hydrogen-bond donors (Lipinski definition) is 1. The Balaban J connectivity index is 1.37. The largest absolute Gasteiger partial charge is 0.485 e. The highest BCUT2D eigenvalue weighted by Crippen LogP contribution is 2.30.